The van der Waals surface area contributed by atoms with Crippen molar-refractivity contribution in [1.82, 2.24) is 4.90 Å². The molecule has 25 heavy (non-hydrogen) atoms. The first-order valence-electron chi connectivity index (χ1n) is 9.08. The second-order valence-corrected chi connectivity index (χ2v) is 7.34. The quantitative estimate of drug-likeness (QED) is 0.851. The van der Waals surface area contributed by atoms with E-state index in [0.717, 1.165) is 25.2 Å². The fraction of sp³-hybridized carbons (Fsp3) is 0.409. The average Bonchev–Trinajstić information content (AvgIpc) is 2.86. The van der Waals surface area contributed by atoms with Gasteiger partial charge in [-0.1, -0.05) is 42.5 Å². The van der Waals surface area contributed by atoms with Crippen LogP contribution < -0.4 is 0 Å². The topological polar surface area (TPSA) is 36.3 Å². The first-order chi connectivity index (χ1) is 12.3. The number of piperidine rings is 1. The van der Waals surface area contributed by atoms with Crippen molar-refractivity contribution in [3.63, 3.8) is 0 Å². The van der Waals surface area contributed by atoms with E-state index in [9.17, 15) is 5.26 Å². The number of benzene rings is 2. The average molecular weight is 332 g/mol. The second-order valence-electron chi connectivity index (χ2n) is 7.34. The molecule has 2 atom stereocenters. The fourth-order valence-electron chi connectivity index (χ4n) is 5.04. The summed E-state index contributed by atoms with van der Waals surface area (Å²) in [6.45, 7) is 3.11. The van der Waals surface area contributed by atoms with E-state index in [0.29, 0.717) is 11.8 Å². The Balaban J connectivity index is 1.61. The molecule has 3 heteroatoms. The molecule has 2 fully saturated rings. The third-order valence-corrected chi connectivity index (χ3v) is 6.06. The highest BCUT2D eigenvalue weighted by Gasteiger charge is 2.55. The molecule has 4 rings (SSSR count). The van der Waals surface area contributed by atoms with Crippen molar-refractivity contribution in [2.75, 3.05) is 20.2 Å². The van der Waals surface area contributed by atoms with Crippen molar-refractivity contribution in [2.24, 2.45) is 11.8 Å². The first kappa shape index (κ1) is 16.3. The summed E-state index contributed by atoms with van der Waals surface area (Å²) in [4.78, 5) is 2.57. The van der Waals surface area contributed by atoms with Gasteiger partial charge in [0.1, 0.15) is 5.60 Å². The van der Waals surface area contributed by atoms with Gasteiger partial charge in [-0.05, 0) is 36.1 Å². The highest BCUT2D eigenvalue weighted by atomic mass is 16.5. The predicted octanol–water partition coefficient (Wildman–Crippen LogP) is 3.94. The van der Waals surface area contributed by atoms with Gasteiger partial charge in [-0.3, -0.25) is 4.90 Å². The molecule has 3 nitrogen and oxygen atoms in total. The molecule has 1 saturated heterocycles. The molecular formula is C22H24N2O. The number of hydrogen-bond acceptors (Lipinski definition) is 3. The Labute approximate surface area is 149 Å². The summed E-state index contributed by atoms with van der Waals surface area (Å²) in [5, 5.41) is 9.27. The molecule has 1 saturated carbocycles. The lowest BCUT2D eigenvalue weighted by Crippen LogP contribution is -2.52. The fourth-order valence-corrected chi connectivity index (χ4v) is 5.04. The minimum Gasteiger partial charge on any atom is -0.373 e. The van der Waals surface area contributed by atoms with Crippen LogP contribution in [0.25, 0.3) is 0 Å². The van der Waals surface area contributed by atoms with Crippen molar-refractivity contribution < 1.29 is 4.74 Å². The van der Waals surface area contributed by atoms with Crippen LogP contribution in [-0.2, 0) is 16.9 Å². The van der Waals surface area contributed by atoms with Crippen LogP contribution in [0.15, 0.2) is 54.6 Å². The molecular weight excluding hydrogens is 308 g/mol. The SMILES string of the molecule is COC1(c2cccc(C#N)c2)C2CCC1CN(Cc1ccccc1)C2. The van der Waals surface area contributed by atoms with Gasteiger partial charge in [-0.25, -0.2) is 0 Å². The van der Waals surface area contributed by atoms with Crippen molar-refractivity contribution in [1.29, 1.82) is 5.26 Å². The minimum absolute atomic E-state index is 0.236. The molecule has 0 spiro atoms. The summed E-state index contributed by atoms with van der Waals surface area (Å²) in [5.74, 6) is 0.961. The van der Waals surface area contributed by atoms with E-state index in [2.05, 4.69) is 47.4 Å². The summed E-state index contributed by atoms with van der Waals surface area (Å²) in [6.07, 6.45) is 2.39. The highest BCUT2D eigenvalue weighted by molar-refractivity contribution is 5.38. The van der Waals surface area contributed by atoms with Crippen LogP contribution in [0, 0.1) is 23.2 Å². The largest absolute Gasteiger partial charge is 0.373 e. The Morgan fingerprint density at radius 1 is 1.08 bits per heavy atom. The minimum atomic E-state index is -0.236. The molecule has 2 aliphatic rings. The lowest BCUT2D eigenvalue weighted by Gasteiger charge is -2.47. The Morgan fingerprint density at radius 3 is 2.44 bits per heavy atom. The number of rotatable bonds is 4. The molecule has 2 aromatic carbocycles. The summed E-state index contributed by atoms with van der Waals surface area (Å²) in [5.41, 5.74) is 3.04. The summed E-state index contributed by atoms with van der Waals surface area (Å²) < 4.78 is 6.21. The summed E-state index contributed by atoms with van der Waals surface area (Å²) in [7, 11) is 1.84. The van der Waals surface area contributed by atoms with Gasteiger partial charge in [0.25, 0.3) is 0 Å². The molecule has 0 radical (unpaired) electrons. The van der Waals surface area contributed by atoms with Gasteiger partial charge in [0.15, 0.2) is 0 Å². The van der Waals surface area contributed by atoms with Gasteiger partial charge in [0, 0.05) is 38.6 Å². The maximum atomic E-state index is 9.27. The van der Waals surface area contributed by atoms with Crippen molar-refractivity contribution in [3.8, 4) is 6.07 Å². The van der Waals surface area contributed by atoms with E-state index in [1.807, 2.05) is 25.3 Å². The third kappa shape index (κ3) is 2.76. The van der Waals surface area contributed by atoms with Crippen LogP contribution in [0.2, 0.25) is 0 Å². The van der Waals surface area contributed by atoms with Crippen molar-refractivity contribution >= 4 is 0 Å². The predicted molar refractivity (Wildman–Crippen MR) is 97.8 cm³/mol. The molecule has 128 valence electrons. The highest BCUT2D eigenvalue weighted by Crippen LogP contribution is 2.53. The molecule has 0 N–H and O–H groups in total. The van der Waals surface area contributed by atoms with Gasteiger partial charge < -0.3 is 4.74 Å². The van der Waals surface area contributed by atoms with Crippen LogP contribution >= 0.6 is 0 Å². The molecule has 1 aliphatic heterocycles. The van der Waals surface area contributed by atoms with Crippen LogP contribution in [0.5, 0.6) is 0 Å². The van der Waals surface area contributed by atoms with Gasteiger partial charge >= 0.3 is 0 Å². The Morgan fingerprint density at radius 2 is 1.80 bits per heavy atom. The summed E-state index contributed by atoms with van der Waals surface area (Å²) >= 11 is 0. The normalized spacial score (nSPS) is 28.6. The molecule has 2 unspecified atom stereocenters. The van der Waals surface area contributed by atoms with Crippen LogP contribution in [0.3, 0.4) is 0 Å². The van der Waals surface area contributed by atoms with Gasteiger partial charge in [-0.15, -0.1) is 0 Å². The number of methoxy groups -OCH3 is 1. The van der Waals surface area contributed by atoms with Crippen molar-refractivity contribution in [3.05, 3.63) is 71.3 Å². The van der Waals surface area contributed by atoms with E-state index in [1.54, 1.807) is 0 Å². The summed E-state index contributed by atoms with van der Waals surface area (Å²) in [6, 6.07) is 21.0. The number of nitriles is 1. The van der Waals surface area contributed by atoms with Gasteiger partial charge in [-0.2, -0.15) is 5.26 Å². The Hall–Kier alpha value is -2.15. The number of hydrogen-bond donors (Lipinski definition) is 0. The number of ether oxygens (including phenoxy) is 1. The Bertz CT molecular complexity index is 766. The van der Waals surface area contributed by atoms with E-state index >= 15 is 0 Å². The van der Waals surface area contributed by atoms with E-state index in [1.165, 1.54) is 24.0 Å². The monoisotopic (exact) mass is 332 g/mol. The number of likely N-dealkylation sites (tertiary alicyclic amines) is 1. The van der Waals surface area contributed by atoms with Gasteiger partial charge in [0.2, 0.25) is 0 Å². The third-order valence-electron chi connectivity index (χ3n) is 6.06. The number of fused-ring (bicyclic) bond motifs is 2. The second kappa shape index (κ2) is 6.63. The van der Waals surface area contributed by atoms with Crippen LogP contribution in [0.1, 0.15) is 29.5 Å². The maximum Gasteiger partial charge on any atom is 0.101 e. The molecule has 1 aliphatic carbocycles. The number of nitrogens with zero attached hydrogens (tertiary/aromatic N) is 2. The molecule has 1 heterocycles. The zero-order valence-electron chi connectivity index (χ0n) is 14.7. The van der Waals surface area contributed by atoms with Crippen LogP contribution in [0.4, 0.5) is 0 Å². The molecule has 0 aromatic heterocycles. The van der Waals surface area contributed by atoms with Gasteiger partial charge in [0.05, 0.1) is 11.6 Å². The van der Waals surface area contributed by atoms with E-state index in [-0.39, 0.29) is 5.60 Å². The van der Waals surface area contributed by atoms with E-state index in [4.69, 9.17) is 4.74 Å². The maximum absolute atomic E-state index is 9.27. The first-order valence-corrected chi connectivity index (χ1v) is 9.08. The molecule has 2 bridgehead atoms. The zero-order valence-corrected chi connectivity index (χ0v) is 14.7. The standard InChI is InChI=1S/C22H24N2O/c1-25-22(19-9-5-8-18(12-19)13-23)20-10-11-21(22)16-24(15-20)14-17-6-3-2-4-7-17/h2-9,12,20-21H,10-11,14-16H2,1H3. The lowest BCUT2D eigenvalue weighted by molar-refractivity contribution is -0.120. The molecule has 0 amide bonds. The van der Waals surface area contributed by atoms with Crippen LogP contribution in [-0.4, -0.2) is 25.1 Å². The zero-order chi connectivity index (χ0) is 17.3. The molecule has 2 aromatic rings. The van der Waals surface area contributed by atoms with Crippen molar-refractivity contribution in [2.45, 2.75) is 25.0 Å². The van der Waals surface area contributed by atoms with E-state index < -0.39 is 0 Å². The Kier molecular flexibility index (Phi) is 4.33. The smallest absolute Gasteiger partial charge is 0.101 e. The lowest BCUT2D eigenvalue weighted by atomic mass is 9.74.